The first-order valence-electron chi connectivity index (χ1n) is 8.52. The van der Waals surface area contributed by atoms with Gasteiger partial charge in [0.2, 0.25) is 0 Å². The number of hydrogen-bond acceptors (Lipinski definition) is 6. The number of nitro benzene ring substituents is 1. The number of nitrogens with one attached hydrogen (secondary N) is 1. The van der Waals surface area contributed by atoms with Gasteiger partial charge in [0.1, 0.15) is 5.75 Å². The summed E-state index contributed by atoms with van der Waals surface area (Å²) in [5, 5.41) is 13.6. The Kier molecular flexibility index (Phi) is 6.45. The quantitative estimate of drug-likeness (QED) is 0.554. The monoisotopic (exact) mass is 427 g/mol. The lowest BCUT2D eigenvalue weighted by Gasteiger charge is -2.30. The standard InChI is InChI=1S/C18H16ClF2N3O5/c19-14-9-11(1-4-16(14)29-18(20)21)22-17(25)13-10-12(24(26)27)2-3-15(13)23-5-7-28-8-6-23/h1-4,9-10,18H,5-8H2,(H,22,25). The van der Waals surface area contributed by atoms with E-state index in [0.29, 0.717) is 32.0 Å². The lowest BCUT2D eigenvalue weighted by Crippen LogP contribution is -2.37. The number of benzene rings is 2. The van der Waals surface area contributed by atoms with Gasteiger partial charge in [-0.05, 0) is 24.3 Å². The molecule has 3 rings (SSSR count). The fourth-order valence-electron chi connectivity index (χ4n) is 2.87. The van der Waals surface area contributed by atoms with Gasteiger partial charge in [-0.2, -0.15) is 8.78 Å². The molecule has 1 aliphatic rings. The van der Waals surface area contributed by atoms with E-state index in [1.807, 2.05) is 4.90 Å². The van der Waals surface area contributed by atoms with Gasteiger partial charge in [-0.25, -0.2) is 0 Å². The molecular weight excluding hydrogens is 412 g/mol. The van der Waals surface area contributed by atoms with Gasteiger partial charge in [0.15, 0.2) is 0 Å². The van der Waals surface area contributed by atoms with E-state index in [0.717, 1.165) is 0 Å². The summed E-state index contributed by atoms with van der Waals surface area (Å²) in [7, 11) is 0. The highest BCUT2D eigenvalue weighted by Crippen LogP contribution is 2.31. The van der Waals surface area contributed by atoms with Crippen LogP contribution in [-0.4, -0.2) is 43.7 Å². The van der Waals surface area contributed by atoms with Crippen LogP contribution < -0.4 is 15.0 Å². The van der Waals surface area contributed by atoms with Crippen LogP contribution in [0.5, 0.6) is 5.75 Å². The first-order chi connectivity index (χ1) is 13.8. The van der Waals surface area contributed by atoms with Gasteiger partial charge in [-0.1, -0.05) is 11.6 Å². The van der Waals surface area contributed by atoms with Gasteiger partial charge in [0, 0.05) is 30.9 Å². The molecule has 0 atom stereocenters. The molecule has 1 amide bonds. The van der Waals surface area contributed by atoms with Crippen molar-refractivity contribution >= 4 is 34.6 Å². The molecule has 1 fully saturated rings. The molecule has 1 saturated heterocycles. The third-order valence-corrected chi connectivity index (χ3v) is 4.49. The number of hydrogen-bond donors (Lipinski definition) is 1. The molecule has 0 aromatic heterocycles. The summed E-state index contributed by atoms with van der Waals surface area (Å²) in [5.74, 6) is -0.835. The summed E-state index contributed by atoms with van der Waals surface area (Å²) in [6.45, 7) is -1.03. The van der Waals surface area contributed by atoms with E-state index in [4.69, 9.17) is 16.3 Å². The molecule has 154 valence electrons. The van der Waals surface area contributed by atoms with Crippen LogP contribution in [0.2, 0.25) is 5.02 Å². The number of rotatable bonds is 6. The molecule has 8 nitrogen and oxygen atoms in total. The van der Waals surface area contributed by atoms with Crippen molar-refractivity contribution in [1.29, 1.82) is 0 Å². The Morgan fingerprint density at radius 3 is 2.59 bits per heavy atom. The molecule has 0 unspecified atom stereocenters. The van der Waals surface area contributed by atoms with Gasteiger partial charge in [0.25, 0.3) is 11.6 Å². The highest BCUT2D eigenvalue weighted by molar-refractivity contribution is 6.32. The second kappa shape index (κ2) is 9.01. The summed E-state index contributed by atoms with van der Waals surface area (Å²) in [5.41, 5.74) is 0.622. The number of nitro groups is 1. The normalized spacial score (nSPS) is 14.0. The molecule has 11 heteroatoms. The first kappa shape index (κ1) is 20.7. The van der Waals surface area contributed by atoms with Crippen molar-refractivity contribution in [3.63, 3.8) is 0 Å². The second-order valence-electron chi connectivity index (χ2n) is 6.04. The Bertz CT molecular complexity index is 922. The van der Waals surface area contributed by atoms with Crippen LogP contribution in [0.25, 0.3) is 0 Å². The molecule has 0 radical (unpaired) electrons. The van der Waals surface area contributed by atoms with Crippen LogP contribution in [-0.2, 0) is 4.74 Å². The SMILES string of the molecule is O=C(Nc1ccc(OC(F)F)c(Cl)c1)c1cc([N+](=O)[O-])ccc1N1CCOCC1. The van der Waals surface area contributed by atoms with Gasteiger partial charge < -0.3 is 19.7 Å². The number of alkyl halides is 2. The van der Waals surface area contributed by atoms with Crippen LogP contribution in [0.1, 0.15) is 10.4 Å². The Balaban J connectivity index is 1.88. The summed E-state index contributed by atoms with van der Waals surface area (Å²) in [6.07, 6.45) is 0. The van der Waals surface area contributed by atoms with Crippen molar-refractivity contribution in [3.05, 3.63) is 57.1 Å². The number of non-ortho nitro benzene ring substituents is 1. The predicted molar refractivity (Wildman–Crippen MR) is 102 cm³/mol. The van der Waals surface area contributed by atoms with Gasteiger partial charge in [-0.3, -0.25) is 14.9 Å². The summed E-state index contributed by atoms with van der Waals surface area (Å²) in [4.78, 5) is 25.3. The van der Waals surface area contributed by atoms with E-state index in [1.165, 1.54) is 36.4 Å². The minimum atomic E-state index is -3.03. The Labute approximate surface area is 169 Å². The number of carbonyl (C=O) groups excluding carboxylic acids is 1. The third-order valence-electron chi connectivity index (χ3n) is 4.19. The maximum atomic E-state index is 12.8. The zero-order chi connectivity index (χ0) is 21.0. The van der Waals surface area contributed by atoms with E-state index in [9.17, 15) is 23.7 Å². The van der Waals surface area contributed by atoms with Crippen molar-refractivity contribution in [2.24, 2.45) is 0 Å². The molecule has 1 aliphatic heterocycles. The van der Waals surface area contributed by atoms with Crippen molar-refractivity contribution in [3.8, 4) is 5.75 Å². The van der Waals surface area contributed by atoms with Gasteiger partial charge >= 0.3 is 6.61 Å². The molecule has 0 aliphatic carbocycles. The van der Waals surface area contributed by atoms with E-state index < -0.39 is 17.4 Å². The fraction of sp³-hybridized carbons (Fsp3) is 0.278. The maximum Gasteiger partial charge on any atom is 0.387 e. The minimum Gasteiger partial charge on any atom is -0.433 e. The summed E-state index contributed by atoms with van der Waals surface area (Å²) in [6, 6.07) is 7.83. The number of anilines is 2. The van der Waals surface area contributed by atoms with E-state index in [-0.39, 0.29) is 27.7 Å². The Hall–Kier alpha value is -2.98. The molecule has 0 bridgehead atoms. The van der Waals surface area contributed by atoms with Crippen LogP contribution in [0.3, 0.4) is 0 Å². The lowest BCUT2D eigenvalue weighted by atomic mass is 10.1. The zero-order valence-electron chi connectivity index (χ0n) is 14.9. The number of amides is 1. The molecule has 1 heterocycles. The first-order valence-corrected chi connectivity index (χ1v) is 8.90. The second-order valence-corrected chi connectivity index (χ2v) is 6.44. The predicted octanol–water partition coefficient (Wildman–Crippen LogP) is 3.94. The van der Waals surface area contributed by atoms with E-state index >= 15 is 0 Å². The number of nitrogens with zero attached hydrogens (tertiary/aromatic N) is 2. The summed E-state index contributed by atoms with van der Waals surface area (Å²) < 4.78 is 34.2. The molecular formula is C18H16ClF2N3O5. The topological polar surface area (TPSA) is 93.9 Å². The number of halogens is 3. The molecule has 2 aromatic carbocycles. The number of ether oxygens (including phenoxy) is 2. The third kappa shape index (κ3) is 5.09. The zero-order valence-corrected chi connectivity index (χ0v) is 15.7. The van der Waals surface area contributed by atoms with Crippen LogP contribution >= 0.6 is 11.6 Å². The molecule has 0 saturated carbocycles. The van der Waals surface area contributed by atoms with Crippen molar-refractivity contribution in [1.82, 2.24) is 0 Å². The molecule has 2 aromatic rings. The van der Waals surface area contributed by atoms with E-state index in [2.05, 4.69) is 10.1 Å². The maximum absolute atomic E-state index is 12.8. The van der Waals surface area contributed by atoms with Crippen molar-refractivity contribution in [2.75, 3.05) is 36.5 Å². The van der Waals surface area contributed by atoms with Crippen LogP contribution in [0, 0.1) is 10.1 Å². The van der Waals surface area contributed by atoms with Gasteiger partial charge in [-0.15, -0.1) is 0 Å². The van der Waals surface area contributed by atoms with Crippen molar-refractivity contribution in [2.45, 2.75) is 6.61 Å². The average molecular weight is 428 g/mol. The molecule has 29 heavy (non-hydrogen) atoms. The molecule has 1 N–H and O–H groups in total. The average Bonchev–Trinajstić information content (AvgIpc) is 2.70. The van der Waals surface area contributed by atoms with Crippen molar-refractivity contribution < 1.29 is 28.0 Å². The van der Waals surface area contributed by atoms with Crippen LogP contribution in [0.4, 0.5) is 25.8 Å². The number of carbonyl (C=O) groups is 1. The summed E-state index contributed by atoms with van der Waals surface area (Å²) >= 11 is 5.90. The van der Waals surface area contributed by atoms with E-state index in [1.54, 1.807) is 0 Å². The fourth-order valence-corrected chi connectivity index (χ4v) is 3.09. The van der Waals surface area contributed by atoms with Crippen LogP contribution in [0.15, 0.2) is 36.4 Å². The Morgan fingerprint density at radius 1 is 1.24 bits per heavy atom. The van der Waals surface area contributed by atoms with Gasteiger partial charge in [0.05, 0.1) is 34.4 Å². The highest BCUT2D eigenvalue weighted by atomic mass is 35.5. The lowest BCUT2D eigenvalue weighted by molar-refractivity contribution is -0.384. The minimum absolute atomic E-state index is 0.102. The highest BCUT2D eigenvalue weighted by Gasteiger charge is 2.22. The Morgan fingerprint density at radius 2 is 1.97 bits per heavy atom. The number of morpholine rings is 1. The largest absolute Gasteiger partial charge is 0.433 e. The smallest absolute Gasteiger partial charge is 0.387 e. The molecule has 0 spiro atoms.